The molecule has 1 aliphatic heterocycles. The van der Waals surface area contributed by atoms with Gasteiger partial charge in [-0.2, -0.15) is 0 Å². The van der Waals surface area contributed by atoms with Crippen LogP contribution in [-0.4, -0.2) is 18.1 Å². The summed E-state index contributed by atoms with van der Waals surface area (Å²) in [6.45, 7) is 0.184. The minimum absolute atomic E-state index is 0.184. The normalized spacial score (nSPS) is 14.5. The van der Waals surface area contributed by atoms with Gasteiger partial charge in [0.25, 0.3) is 5.91 Å². The monoisotopic (exact) mass is 502 g/mol. The molecule has 1 fully saturated rings. The summed E-state index contributed by atoms with van der Waals surface area (Å²) < 4.78 is 24.5. The van der Waals surface area contributed by atoms with Gasteiger partial charge < -0.3 is 14.8 Å². The first-order chi connectivity index (χ1) is 15.9. The van der Waals surface area contributed by atoms with E-state index in [1.165, 1.54) is 29.2 Å². The summed E-state index contributed by atoms with van der Waals surface area (Å²) in [5.41, 5.74) is 2.26. The molecular weight excluding hydrogens is 486 g/mol. The van der Waals surface area contributed by atoms with E-state index in [-0.39, 0.29) is 17.6 Å². The van der Waals surface area contributed by atoms with Crippen molar-refractivity contribution in [1.29, 1.82) is 0 Å². The van der Waals surface area contributed by atoms with Crippen LogP contribution in [0, 0.1) is 5.82 Å². The molecule has 9 heteroatoms. The number of carbonyl (C=O) groups excluding carboxylic acids is 1. The van der Waals surface area contributed by atoms with E-state index in [1.54, 1.807) is 37.5 Å². The summed E-state index contributed by atoms with van der Waals surface area (Å²) in [6.07, 6.45) is 1.68. The van der Waals surface area contributed by atoms with Crippen molar-refractivity contribution < 1.29 is 18.7 Å². The van der Waals surface area contributed by atoms with Gasteiger partial charge in [0.1, 0.15) is 29.6 Å². The molecular formula is C24H17Cl2FN2O3S. The Bertz CT molecular complexity index is 1270. The number of hydrogen-bond acceptors (Lipinski definition) is 4. The van der Waals surface area contributed by atoms with Crippen LogP contribution in [0.3, 0.4) is 0 Å². The van der Waals surface area contributed by atoms with Gasteiger partial charge in [0, 0.05) is 10.6 Å². The molecule has 1 amide bonds. The smallest absolute Gasteiger partial charge is 0.281 e. The van der Waals surface area contributed by atoms with Crippen LogP contribution in [0.25, 0.3) is 6.08 Å². The van der Waals surface area contributed by atoms with Crippen LogP contribution >= 0.6 is 35.4 Å². The first-order valence-electron chi connectivity index (χ1n) is 9.73. The highest BCUT2D eigenvalue weighted by Gasteiger charge is 2.32. The van der Waals surface area contributed by atoms with Crippen molar-refractivity contribution >= 4 is 58.2 Å². The number of halogens is 3. The van der Waals surface area contributed by atoms with E-state index in [0.717, 1.165) is 11.1 Å². The third-order valence-corrected chi connectivity index (χ3v) is 5.67. The Morgan fingerprint density at radius 1 is 1.06 bits per heavy atom. The molecule has 0 spiro atoms. The Kier molecular flexibility index (Phi) is 6.83. The van der Waals surface area contributed by atoms with Gasteiger partial charge in [-0.25, -0.2) is 4.39 Å². The number of nitrogens with zero attached hydrogens (tertiary/aromatic N) is 1. The molecule has 1 heterocycles. The lowest BCUT2D eigenvalue weighted by molar-refractivity contribution is -0.113. The molecule has 3 aromatic rings. The maximum Gasteiger partial charge on any atom is 0.281 e. The number of ether oxygens (including phenoxy) is 2. The molecule has 0 unspecified atom stereocenters. The number of amides is 1. The molecule has 0 aromatic heterocycles. The average molecular weight is 503 g/mol. The molecule has 0 saturated carbocycles. The van der Waals surface area contributed by atoms with Crippen LogP contribution in [0.15, 0.2) is 66.4 Å². The van der Waals surface area contributed by atoms with Crippen LogP contribution < -0.4 is 19.7 Å². The highest BCUT2D eigenvalue weighted by atomic mass is 35.5. The topological polar surface area (TPSA) is 50.8 Å². The second-order valence-electron chi connectivity index (χ2n) is 7.04. The second kappa shape index (κ2) is 9.79. The van der Waals surface area contributed by atoms with E-state index in [4.69, 9.17) is 44.9 Å². The highest BCUT2D eigenvalue weighted by Crippen LogP contribution is 2.30. The van der Waals surface area contributed by atoms with Crippen LogP contribution in [0.4, 0.5) is 10.1 Å². The van der Waals surface area contributed by atoms with E-state index in [9.17, 15) is 9.18 Å². The molecule has 3 aromatic carbocycles. The summed E-state index contributed by atoms with van der Waals surface area (Å²) in [4.78, 5) is 14.2. The first-order valence-corrected chi connectivity index (χ1v) is 10.9. The van der Waals surface area contributed by atoms with Crippen LogP contribution in [-0.2, 0) is 11.4 Å². The number of benzene rings is 3. The number of hydrogen-bond donors (Lipinski definition) is 1. The zero-order valence-electron chi connectivity index (χ0n) is 17.3. The zero-order chi connectivity index (χ0) is 23.5. The Labute approximate surface area is 205 Å². The molecule has 0 bridgehead atoms. The van der Waals surface area contributed by atoms with Gasteiger partial charge in [-0.05, 0) is 78.5 Å². The van der Waals surface area contributed by atoms with Gasteiger partial charge in [-0.3, -0.25) is 9.69 Å². The van der Waals surface area contributed by atoms with E-state index >= 15 is 0 Å². The van der Waals surface area contributed by atoms with Crippen LogP contribution in [0.2, 0.25) is 10.0 Å². The molecule has 1 aliphatic rings. The third kappa shape index (κ3) is 5.11. The molecule has 0 atom stereocenters. The summed E-state index contributed by atoms with van der Waals surface area (Å²) in [5.74, 6) is 0.372. The molecule has 1 saturated heterocycles. The molecule has 5 nitrogen and oxygen atoms in total. The van der Waals surface area contributed by atoms with Crippen molar-refractivity contribution in [3.8, 4) is 11.5 Å². The van der Waals surface area contributed by atoms with Crippen LogP contribution in [0.1, 0.15) is 11.1 Å². The number of methoxy groups -OCH3 is 1. The third-order valence-electron chi connectivity index (χ3n) is 4.86. The quantitative estimate of drug-likeness (QED) is 0.331. The highest BCUT2D eigenvalue weighted by molar-refractivity contribution is 7.80. The van der Waals surface area contributed by atoms with Gasteiger partial charge in [-0.15, -0.1) is 0 Å². The van der Waals surface area contributed by atoms with Gasteiger partial charge in [0.05, 0.1) is 17.8 Å². The Hall–Kier alpha value is -3.13. The van der Waals surface area contributed by atoms with E-state index in [0.29, 0.717) is 32.9 Å². The number of carbonyl (C=O) groups is 1. The number of anilines is 1. The number of nitrogens with one attached hydrogen (secondary N) is 1. The lowest BCUT2D eigenvalue weighted by Gasteiger charge is -2.13. The molecule has 0 radical (unpaired) electrons. The van der Waals surface area contributed by atoms with Crippen molar-refractivity contribution in [1.82, 2.24) is 5.32 Å². The van der Waals surface area contributed by atoms with Crippen molar-refractivity contribution in [3.63, 3.8) is 0 Å². The predicted octanol–water partition coefficient (Wildman–Crippen LogP) is 5.98. The standard InChI is InChI=1S/C24H17Cl2FN2O3S/c1-31-21-8-2-14(10-15(21)13-32-22-9-3-16(25)12-19(22)26)11-20-23(30)29(24(33)28-20)18-6-4-17(27)5-7-18/h2-12H,13H2,1H3,(H,28,33)/b20-11+. The second-order valence-corrected chi connectivity index (χ2v) is 8.27. The van der Waals surface area contributed by atoms with Crippen molar-refractivity contribution in [2.45, 2.75) is 6.61 Å². The molecule has 1 N–H and O–H groups in total. The fourth-order valence-corrected chi connectivity index (χ4v) is 4.04. The minimum Gasteiger partial charge on any atom is -0.496 e. The van der Waals surface area contributed by atoms with Gasteiger partial charge in [-0.1, -0.05) is 29.3 Å². The summed E-state index contributed by atoms with van der Waals surface area (Å²) >= 11 is 17.4. The van der Waals surface area contributed by atoms with Gasteiger partial charge in [0.15, 0.2) is 5.11 Å². The maximum absolute atomic E-state index is 13.2. The predicted molar refractivity (Wildman–Crippen MR) is 131 cm³/mol. The summed E-state index contributed by atoms with van der Waals surface area (Å²) in [6, 6.07) is 15.9. The Morgan fingerprint density at radius 2 is 1.79 bits per heavy atom. The first kappa shape index (κ1) is 23.0. The molecule has 168 valence electrons. The molecule has 33 heavy (non-hydrogen) atoms. The maximum atomic E-state index is 13.2. The van der Waals surface area contributed by atoms with Crippen molar-refractivity contribution in [2.24, 2.45) is 0 Å². The molecule has 4 rings (SSSR count). The lowest BCUT2D eigenvalue weighted by Crippen LogP contribution is -2.30. The zero-order valence-corrected chi connectivity index (χ0v) is 19.6. The van der Waals surface area contributed by atoms with Gasteiger partial charge in [0.2, 0.25) is 0 Å². The van der Waals surface area contributed by atoms with E-state index in [1.807, 2.05) is 12.1 Å². The lowest BCUT2D eigenvalue weighted by atomic mass is 10.1. The van der Waals surface area contributed by atoms with E-state index < -0.39 is 5.82 Å². The largest absolute Gasteiger partial charge is 0.496 e. The Morgan fingerprint density at radius 3 is 2.48 bits per heavy atom. The number of rotatable bonds is 6. The van der Waals surface area contributed by atoms with E-state index in [2.05, 4.69) is 5.32 Å². The fraction of sp³-hybridized carbons (Fsp3) is 0.0833. The van der Waals surface area contributed by atoms with Crippen LogP contribution in [0.5, 0.6) is 11.5 Å². The van der Waals surface area contributed by atoms with Crippen molar-refractivity contribution in [2.75, 3.05) is 12.0 Å². The molecule has 0 aliphatic carbocycles. The van der Waals surface area contributed by atoms with Crippen molar-refractivity contribution in [3.05, 3.63) is 93.4 Å². The minimum atomic E-state index is -0.395. The van der Waals surface area contributed by atoms with Gasteiger partial charge >= 0.3 is 0 Å². The Balaban J connectivity index is 1.57. The number of thiocarbonyl (C=S) groups is 1. The summed E-state index contributed by atoms with van der Waals surface area (Å²) in [5, 5.41) is 4.04. The average Bonchev–Trinajstić information content (AvgIpc) is 3.06. The SMILES string of the molecule is COc1ccc(/C=C2/NC(=S)N(c3ccc(F)cc3)C2=O)cc1COc1ccc(Cl)cc1Cl. The fourth-order valence-electron chi connectivity index (χ4n) is 3.28. The summed E-state index contributed by atoms with van der Waals surface area (Å²) in [7, 11) is 1.56.